The summed E-state index contributed by atoms with van der Waals surface area (Å²) >= 11 is 0. The summed E-state index contributed by atoms with van der Waals surface area (Å²) in [7, 11) is 0. The van der Waals surface area contributed by atoms with Crippen LogP contribution in [0.3, 0.4) is 0 Å². The predicted octanol–water partition coefficient (Wildman–Crippen LogP) is 0.907. The van der Waals surface area contributed by atoms with Gasteiger partial charge in [0, 0.05) is 13.1 Å². The molecule has 0 aliphatic heterocycles. The number of rotatable bonds is 6. The number of aromatic nitrogens is 2. The molecule has 18 heavy (non-hydrogen) atoms. The molecule has 1 aromatic rings. The number of nitrogens with one attached hydrogen (secondary N) is 2. The van der Waals surface area contributed by atoms with Gasteiger partial charge in [-0.25, -0.2) is 4.79 Å². The van der Waals surface area contributed by atoms with E-state index < -0.39 is 11.2 Å². The molecule has 0 aromatic carbocycles. The minimum atomic E-state index is -0.467. The molecule has 0 atom stereocenters. The van der Waals surface area contributed by atoms with Crippen LogP contribution in [0.5, 0.6) is 0 Å². The van der Waals surface area contributed by atoms with Crippen LogP contribution in [-0.4, -0.2) is 16.1 Å². The van der Waals surface area contributed by atoms with Gasteiger partial charge in [0.25, 0.3) is 5.56 Å². The normalized spacial score (nSPS) is 11.0. The zero-order valence-corrected chi connectivity index (χ0v) is 10.8. The SMILES string of the molecule is C/C=C/CCNc1c(N)n(CCC)c(=O)[nH]c1=O. The lowest BCUT2D eigenvalue weighted by Gasteiger charge is -2.12. The van der Waals surface area contributed by atoms with Crippen LogP contribution in [0, 0.1) is 0 Å². The molecular weight excluding hydrogens is 232 g/mol. The van der Waals surface area contributed by atoms with Crippen molar-refractivity contribution in [1.29, 1.82) is 0 Å². The molecule has 0 amide bonds. The van der Waals surface area contributed by atoms with Crippen molar-refractivity contribution < 1.29 is 0 Å². The van der Waals surface area contributed by atoms with Gasteiger partial charge in [-0.05, 0) is 19.8 Å². The van der Waals surface area contributed by atoms with Gasteiger partial charge in [0.15, 0.2) is 0 Å². The van der Waals surface area contributed by atoms with Gasteiger partial charge >= 0.3 is 5.69 Å². The molecule has 0 aliphatic rings. The van der Waals surface area contributed by atoms with Crippen LogP contribution in [-0.2, 0) is 6.54 Å². The number of nitrogens with two attached hydrogens (primary N) is 1. The van der Waals surface area contributed by atoms with Crippen LogP contribution in [0.15, 0.2) is 21.7 Å². The molecule has 0 radical (unpaired) electrons. The molecule has 0 bridgehead atoms. The Morgan fingerprint density at radius 1 is 1.44 bits per heavy atom. The minimum absolute atomic E-state index is 0.200. The molecule has 100 valence electrons. The quantitative estimate of drug-likeness (QED) is 0.518. The van der Waals surface area contributed by atoms with Crippen LogP contribution in [0.4, 0.5) is 11.5 Å². The van der Waals surface area contributed by atoms with Crippen molar-refractivity contribution >= 4 is 11.5 Å². The van der Waals surface area contributed by atoms with Crippen LogP contribution in [0.1, 0.15) is 26.7 Å². The zero-order chi connectivity index (χ0) is 13.5. The van der Waals surface area contributed by atoms with Crippen LogP contribution >= 0.6 is 0 Å². The van der Waals surface area contributed by atoms with E-state index in [1.54, 1.807) is 0 Å². The lowest BCUT2D eigenvalue weighted by atomic mass is 10.3. The van der Waals surface area contributed by atoms with E-state index in [0.717, 1.165) is 12.8 Å². The summed E-state index contributed by atoms with van der Waals surface area (Å²) in [5, 5.41) is 2.96. The van der Waals surface area contributed by atoms with E-state index in [9.17, 15) is 9.59 Å². The number of nitrogen functional groups attached to an aromatic ring is 1. The number of hydrogen-bond acceptors (Lipinski definition) is 4. The molecule has 1 heterocycles. The average Bonchev–Trinajstić information content (AvgIpc) is 2.33. The summed E-state index contributed by atoms with van der Waals surface area (Å²) in [6, 6.07) is 0. The zero-order valence-electron chi connectivity index (χ0n) is 10.8. The fraction of sp³-hybridized carbons (Fsp3) is 0.500. The first-order valence-corrected chi connectivity index (χ1v) is 6.09. The maximum absolute atomic E-state index is 11.7. The fourth-order valence-corrected chi connectivity index (χ4v) is 1.65. The Balaban J connectivity index is 3.00. The Labute approximate surface area is 106 Å². The van der Waals surface area contributed by atoms with Crippen LogP contribution < -0.4 is 22.3 Å². The number of nitrogens with zero attached hydrogens (tertiary/aromatic N) is 1. The first kappa shape index (κ1) is 14.1. The van der Waals surface area contributed by atoms with E-state index in [-0.39, 0.29) is 11.5 Å². The molecular formula is C12H20N4O2. The van der Waals surface area contributed by atoms with Crippen molar-refractivity contribution in [1.82, 2.24) is 9.55 Å². The lowest BCUT2D eigenvalue weighted by Crippen LogP contribution is -2.34. The first-order chi connectivity index (χ1) is 8.61. The molecule has 1 rings (SSSR count). The van der Waals surface area contributed by atoms with E-state index in [2.05, 4.69) is 10.3 Å². The molecule has 6 nitrogen and oxygen atoms in total. The molecule has 4 N–H and O–H groups in total. The maximum atomic E-state index is 11.7. The predicted molar refractivity (Wildman–Crippen MR) is 73.9 cm³/mol. The molecule has 0 fully saturated rings. The van der Waals surface area contributed by atoms with E-state index in [4.69, 9.17) is 5.73 Å². The Hall–Kier alpha value is -1.98. The molecule has 0 aliphatic carbocycles. The van der Waals surface area contributed by atoms with Crippen molar-refractivity contribution in [3.05, 3.63) is 33.0 Å². The third kappa shape index (κ3) is 3.26. The molecule has 6 heteroatoms. The van der Waals surface area contributed by atoms with Crippen LogP contribution in [0.2, 0.25) is 0 Å². The van der Waals surface area contributed by atoms with Gasteiger partial charge in [-0.2, -0.15) is 0 Å². The highest BCUT2D eigenvalue weighted by molar-refractivity contribution is 5.60. The second-order valence-corrected chi connectivity index (χ2v) is 3.96. The summed E-state index contributed by atoms with van der Waals surface area (Å²) in [5.74, 6) is 0.200. The van der Waals surface area contributed by atoms with E-state index in [1.807, 2.05) is 26.0 Å². The monoisotopic (exact) mass is 252 g/mol. The number of H-pyrrole nitrogens is 1. The number of hydrogen-bond donors (Lipinski definition) is 3. The number of anilines is 2. The summed E-state index contributed by atoms with van der Waals surface area (Å²) in [5.41, 5.74) is 5.19. The summed E-state index contributed by atoms with van der Waals surface area (Å²) in [4.78, 5) is 25.5. The molecule has 0 saturated heterocycles. The van der Waals surface area contributed by atoms with E-state index in [0.29, 0.717) is 13.1 Å². The summed E-state index contributed by atoms with van der Waals surface area (Å²) < 4.78 is 1.37. The van der Waals surface area contributed by atoms with Gasteiger partial charge in [0.1, 0.15) is 11.5 Å². The highest BCUT2D eigenvalue weighted by Gasteiger charge is 2.10. The highest BCUT2D eigenvalue weighted by Crippen LogP contribution is 2.10. The Morgan fingerprint density at radius 2 is 2.17 bits per heavy atom. The third-order valence-electron chi connectivity index (χ3n) is 2.54. The number of allylic oxidation sites excluding steroid dienone is 1. The van der Waals surface area contributed by atoms with Crippen molar-refractivity contribution in [3.63, 3.8) is 0 Å². The van der Waals surface area contributed by atoms with E-state index >= 15 is 0 Å². The van der Waals surface area contributed by atoms with Gasteiger partial charge in [-0.15, -0.1) is 0 Å². The smallest absolute Gasteiger partial charge is 0.330 e. The third-order valence-corrected chi connectivity index (χ3v) is 2.54. The fourth-order valence-electron chi connectivity index (χ4n) is 1.65. The molecule has 1 aromatic heterocycles. The molecule has 0 unspecified atom stereocenters. The Kier molecular flexibility index (Phi) is 5.23. The van der Waals surface area contributed by atoms with E-state index in [1.165, 1.54) is 4.57 Å². The van der Waals surface area contributed by atoms with Gasteiger partial charge in [0.2, 0.25) is 0 Å². The first-order valence-electron chi connectivity index (χ1n) is 6.09. The van der Waals surface area contributed by atoms with Gasteiger partial charge in [-0.3, -0.25) is 14.3 Å². The largest absolute Gasteiger partial charge is 0.383 e. The number of aromatic amines is 1. The lowest BCUT2D eigenvalue weighted by molar-refractivity contribution is 0.642. The van der Waals surface area contributed by atoms with Gasteiger partial charge < -0.3 is 11.1 Å². The van der Waals surface area contributed by atoms with Gasteiger partial charge in [0.05, 0.1) is 0 Å². The summed E-state index contributed by atoms with van der Waals surface area (Å²) in [6.45, 7) is 4.96. The van der Waals surface area contributed by atoms with Crippen molar-refractivity contribution in [2.24, 2.45) is 0 Å². The summed E-state index contributed by atoms with van der Waals surface area (Å²) in [6.07, 6.45) is 5.49. The topological polar surface area (TPSA) is 92.9 Å². The van der Waals surface area contributed by atoms with Crippen molar-refractivity contribution in [2.75, 3.05) is 17.6 Å². The maximum Gasteiger partial charge on any atom is 0.330 e. The Morgan fingerprint density at radius 3 is 2.78 bits per heavy atom. The van der Waals surface area contributed by atoms with Crippen LogP contribution in [0.25, 0.3) is 0 Å². The molecule has 0 spiro atoms. The van der Waals surface area contributed by atoms with Crippen molar-refractivity contribution in [2.45, 2.75) is 33.2 Å². The Bertz CT molecular complexity index is 528. The second kappa shape index (κ2) is 6.68. The van der Waals surface area contributed by atoms with Crippen molar-refractivity contribution in [3.8, 4) is 0 Å². The average molecular weight is 252 g/mol. The standard InChI is InChI=1S/C12H20N4O2/c1-3-5-6-7-14-9-10(13)16(8-4-2)12(18)15-11(9)17/h3,5,14H,4,6-8,13H2,1-2H3,(H,15,17,18)/b5-3+. The minimum Gasteiger partial charge on any atom is -0.383 e. The second-order valence-electron chi connectivity index (χ2n) is 3.96. The highest BCUT2D eigenvalue weighted by atomic mass is 16.2. The molecule has 0 saturated carbocycles. The van der Waals surface area contributed by atoms with Gasteiger partial charge in [-0.1, -0.05) is 19.1 Å².